The molecule has 0 aliphatic heterocycles. The van der Waals surface area contributed by atoms with Crippen LogP contribution in [0.25, 0.3) is 0 Å². The second-order valence-corrected chi connectivity index (χ2v) is 3.51. The van der Waals surface area contributed by atoms with Gasteiger partial charge in [0.1, 0.15) is 0 Å². The van der Waals surface area contributed by atoms with Gasteiger partial charge in [-0.2, -0.15) is 22.4 Å². The molecule has 0 saturated carbocycles. The Bertz CT molecular complexity index is 10.8. The van der Waals surface area contributed by atoms with Gasteiger partial charge in [-0.25, -0.2) is 0 Å². The minimum Gasteiger partial charge on any atom is -0.161 e. The number of rotatable bonds is 0. The summed E-state index contributed by atoms with van der Waals surface area (Å²) in [6.45, 7) is 2.15. The molecular weight excluding hydrogens is 161 g/mol. The Hall–Kier alpha value is 0.860. The van der Waals surface area contributed by atoms with E-state index in [1.54, 1.807) is 0 Å². The third-order valence-electron chi connectivity index (χ3n) is 0. The van der Waals surface area contributed by atoms with E-state index in [0.717, 1.165) is 4.46 Å². The van der Waals surface area contributed by atoms with Gasteiger partial charge in [0, 0.05) is 0 Å². The second kappa shape index (κ2) is 2.12. The highest BCUT2D eigenvalue weighted by Gasteiger charge is 1.80. The average Bonchev–Trinajstić information content (AvgIpc) is 0.811. The van der Waals surface area contributed by atoms with Gasteiger partial charge in [-0.3, -0.25) is 0 Å². The molecule has 0 unspecified atom stereocenters. The van der Waals surface area contributed by atoms with Gasteiger partial charge < -0.3 is 0 Å². The van der Waals surface area contributed by atoms with Gasteiger partial charge in [0.15, 0.2) is 4.46 Å². The summed E-state index contributed by atoms with van der Waals surface area (Å²) in [4.78, 5) is 0. The molecule has 0 atom stereocenters. The van der Waals surface area contributed by atoms with Crippen LogP contribution in [0.2, 0.25) is 6.82 Å². The van der Waals surface area contributed by atoms with Crippen molar-refractivity contribution in [2.45, 2.75) is 6.82 Å². The lowest BCUT2D eigenvalue weighted by atomic mass is 9.58. The summed E-state index contributed by atoms with van der Waals surface area (Å²) in [6, 6.07) is 0. The molecule has 3 heteroatoms. The molecule has 0 rings (SSSR count). The molecule has 0 nitrogen and oxygen atoms in total. The number of hydrogen-bond acceptors (Lipinski definition) is 0. The molecule has 0 aromatic carbocycles. The Morgan fingerprint density at radius 3 is 2.00 bits per heavy atom. The van der Waals surface area contributed by atoms with Crippen LogP contribution in [0, 0.1) is 0 Å². The third kappa shape index (κ3) is 13.4. The van der Waals surface area contributed by atoms with Crippen molar-refractivity contribution in [3.05, 3.63) is 0 Å². The molecule has 0 N–H and O–H groups in total. The zero-order valence-corrected chi connectivity index (χ0v) is 5.11. The van der Waals surface area contributed by atoms with Crippen LogP contribution >= 0.6 is 22.4 Å². The largest absolute Gasteiger partial charge is 0.174 e. The fourth-order valence-corrected chi connectivity index (χ4v) is 0. The van der Waals surface area contributed by atoms with E-state index in [-0.39, 0.29) is 0 Å². The van der Waals surface area contributed by atoms with E-state index < -0.39 is 0 Å². The van der Waals surface area contributed by atoms with Gasteiger partial charge in [-0.15, -0.1) is 0 Å². The molecule has 0 spiro atoms. The van der Waals surface area contributed by atoms with Crippen molar-refractivity contribution in [3.63, 3.8) is 0 Å². The quantitative estimate of drug-likeness (QED) is 0.355. The first kappa shape index (κ1) is 4.86. The van der Waals surface area contributed by atoms with Crippen molar-refractivity contribution in [1.29, 1.82) is 0 Å². The van der Waals surface area contributed by atoms with E-state index in [0.29, 0.717) is 0 Å². The van der Waals surface area contributed by atoms with E-state index in [4.69, 9.17) is 0 Å². The third-order valence-corrected chi connectivity index (χ3v) is 0. The van der Waals surface area contributed by atoms with Crippen molar-refractivity contribution in [2.24, 2.45) is 0 Å². The molecular formula is CH5B2I. The predicted molar refractivity (Wildman–Crippen MR) is 34.2 cm³/mol. The zero-order chi connectivity index (χ0) is 3.58. The highest BCUT2D eigenvalue weighted by molar-refractivity contribution is 14.1. The highest BCUT2D eigenvalue weighted by Crippen LogP contribution is 1.80. The van der Waals surface area contributed by atoms with Crippen LogP contribution in [0.15, 0.2) is 0 Å². The Balaban J connectivity index is 2.32. The molecule has 0 aliphatic carbocycles. The predicted octanol–water partition coefficient (Wildman–Crippen LogP) is 0.172. The first-order chi connectivity index (χ1) is 1.73. The normalized spacial score (nSPS) is 6.50. The molecule has 0 fully saturated rings. The van der Waals surface area contributed by atoms with E-state index in [1.165, 1.54) is 0 Å². The molecule has 0 amide bonds. The van der Waals surface area contributed by atoms with Crippen molar-refractivity contribution < 1.29 is 0 Å². The number of halogens is 1. The Morgan fingerprint density at radius 2 is 2.00 bits per heavy atom. The SMILES string of the molecule is BB(C)I. The Kier molecular flexibility index (Phi) is 2.57. The molecule has 0 saturated heterocycles. The smallest absolute Gasteiger partial charge is 0.161 e. The highest BCUT2D eigenvalue weighted by atomic mass is 127. The fourth-order valence-electron chi connectivity index (χ4n) is 0. The Morgan fingerprint density at radius 1 is 2.00 bits per heavy atom. The molecule has 0 aliphatic rings. The summed E-state index contributed by atoms with van der Waals surface area (Å²) in [7, 11) is 2.15. The van der Waals surface area contributed by atoms with E-state index >= 15 is 0 Å². The molecule has 4 heavy (non-hydrogen) atoms. The zero-order valence-electron chi connectivity index (χ0n) is 2.96. The number of hydrogen-bond donors (Lipinski definition) is 0. The molecule has 0 radical (unpaired) electrons. The lowest BCUT2D eigenvalue weighted by Crippen LogP contribution is -1.88. The van der Waals surface area contributed by atoms with Crippen molar-refractivity contribution in [2.75, 3.05) is 0 Å². The molecule has 22 valence electrons. The summed E-state index contributed by atoms with van der Waals surface area (Å²) >= 11 is 2.34. The van der Waals surface area contributed by atoms with Crippen molar-refractivity contribution >= 4 is 34.6 Å². The van der Waals surface area contributed by atoms with Crippen LogP contribution in [-0.4, -0.2) is 12.2 Å². The second-order valence-electron chi connectivity index (χ2n) is 1.01. The van der Waals surface area contributed by atoms with Crippen LogP contribution in [0.3, 0.4) is 0 Å². The standard InChI is InChI=1S/CH5B2I/c1-3(2)4/h2H2,1H3. The van der Waals surface area contributed by atoms with Crippen LogP contribution in [-0.2, 0) is 0 Å². The summed E-state index contributed by atoms with van der Waals surface area (Å²) in [5.41, 5.74) is 0. The molecule has 0 heterocycles. The summed E-state index contributed by atoms with van der Waals surface area (Å²) < 4.78 is 0.803. The fraction of sp³-hybridized carbons (Fsp3) is 1.00. The van der Waals surface area contributed by atoms with Crippen LogP contribution in [0.4, 0.5) is 0 Å². The first-order valence-electron chi connectivity index (χ1n) is 1.37. The minimum absolute atomic E-state index is 0.803. The van der Waals surface area contributed by atoms with Crippen LogP contribution < -0.4 is 0 Å². The van der Waals surface area contributed by atoms with E-state index in [2.05, 4.69) is 36.9 Å². The average molecular weight is 166 g/mol. The van der Waals surface area contributed by atoms with E-state index in [9.17, 15) is 0 Å². The van der Waals surface area contributed by atoms with Crippen LogP contribution in [0.1, 0.15) is 0 Å². The van der Waals surface area contributed by atoms with E-state index in [1.807, 2.05) is 0 Å². The monoisotopic (exact) mass is 166 g/mol. The molecule has 0 aromatic rings. The lowest BCUT2D eigenvalue weighted by molar-refractivity contribution is 2.36. The maximum atomic E-state index is 2.34. The van der Waals surface area contributed by atoms with Gasteiger partial charge in [0.05, 0.1) is 7.74 Å². The summed E-state index contributed by atoms with van der Waals surface area (Å²) in [5.74, 6) is 0. The van der Waals surface area contributed by atoms with Gasteiger partial charge >= 0.3 is 0 Å². The lowest BCUT2D eigenvalue weighted by Gasteiger charge is -1.68. The topological polar surface area (TPSA) is 0 Å². The summed E-state index contributed by atoms with van der Waals surface area (Å²) in [5, 5.41) is 0. The molecule has 0 bridgehead atoms. The minimum atomic E-state index is 0.803. The van der Waals surface area contributed by atoms with Gasteiger partial charge in [-0.1, -0.05) is 6.82 Å². The van der Waals surface area contributed by atoms with Crippen LogP contribution in [0.5, 0.6) is 0 Å². The maximum Gasteiger partial charge on any atom is 0.174 e. The Labute approximate surface area is 41.7 Å². The van der Waals surface area contributed by atoms with Crippen molar-refractivity contribution in [3.8, 4) is 0 Å². The van der Waals surface area contributed by atoms with Gasteiger partial charge in [0.25, 0.3) is 0 Å². The van der Waals surface area contributed by atoms with Crippen molar-refractivity contribution in [1.82, 2.24) is 0 Å². The first-order valence-corrected chi connectivity index (χ1v) is 2.62. The van der Waals surface area contributed by atoms with Gasteiger partial charge in [0.2, 0.25) is 0 Å². The maximum absolute atomic E-state index is 2.34. The molecule has 0 aromatic heterocycles. The summed E-state index contributed by atoms with van der Waals surface area (Å²) in [6.07, 6.45) is 0. The van der Waals surface area contributed by atoms with Gasteiger partial charge in [-0.05, 0) is 0 Å².